The highest BCUT2D eigenvalue weighted by molar-refractivity contribution is 6.06. The van der Waals surface area contributed by atoms with Crippen LogP contribution in [0.5, 0.6) is 0 Å². The summed E-state index contributed by atoms with van der Waals surface area (Å²) in [7, 11) is 0. The van der Waals surface area contributed by atoms with Crippen LogP contribution in [0.1, 0.15) is 0 Å². The molecule has 0 saturated heterocycles. The number of urea groups is 2. The zero-order valence-corrected chi connectivity index (χ0v) is 17.4. The van der Waals surface area contributed by atoms with E-state index in [0.29, 0.717) is 16.7 Å². The lowest BCUT2D eigenvalue weighted by atomic mass is 10.2. The molecule has 34 heavy (non-hydrogen) atoms. The second kappa shape index (κ2) is 9.53. The molecule has 0 atom stereocenters. The minimum absolute atomic E-state index is 0.0439. The first-order chi connectivity index (χ1) is 16.4. The van der Waals surface area contributed by atoms with Crippen molar-refractivity contribution in [3.8, 4) is 0 Å². The molecular formula is C23H17N5O6. The molecule has 0 unspecified atom stereocenters. The smallest absolute Gasteiger partial charge is 0.360 e. The molecule has 0 aliphatic heterocycles. The number of non-ortho nitro benzene ring substituents is 1. The van der Waals surface area contributed by atoms with Crippen LogP contribution in [-0.2, 0) is 0 Å². The lowest BCUT2D eigenvalue weighted by Crippen LogP contribution is -2.25. The van der Waals surface area contributed by atoms with Gasteiger partial charge in [0.25, 0.3) is 5.69 Å². The number of rotatable bonds is 5. The number of nitrogens with zero attached hydrogens (tertiary/aromatic N) is 1. The van der Waals surface area contributed by atoms with Gasteiger partial charge in [-0.3, -0.25) is 10.1 Å². The summed E-state index contributed by atoms with van der Waals surface area (Å²) in [5, 5.41) is 21.5. The van der Waals surface area contributed by atoms with Crippen molar-refractivity contribution in [1.82, 2.24) is 0 Å². The maximum Gasteiger partial charge on any atom is 0.360 e. The highest BCUT2D eigenvalue weighted by atomic mass is 16.6. The molecule has 170 valence electrons. The molecule has 3 aromatic carbocycles. The van der Waals surface area contributed by atoms with E-state index in [9.17, 15) is 24.5 Å². The van der Waals surface area contributed by atoms with Gasteiger partial charge in [-0.25, -0.2) is 14.4 Å². The van der Waals surface area contributed by atoms with Crippen LogP contribution < -0.4 is 26.9 Å². The molecular weight excluding hydrogens is 442 g/mol. The monoisotopic (exact) mass is 459 g/mol. The predicted molar refractivity (Wildman–Crippen MR) is 127 cm³/mol. The van der Waals surface area contributed by atoms with Gasteiger partial charge < -0.3 is 25.7 Å². The summed E-state index contributed by atoms with van der Waals surface area (Å²) in [6, 6.07) is 18.8. The number of carbonyl (C=O) groups is 2. The fourth-order valence-corrected chi connectivity index (χ4v) is 3.08. The predicted octanol–water partition coefficient (Wildman–Crippen LogP) is 4.99. The molecule has 4 amide bonds. The number of nitro groups is 1. The van der Waals surface area contributed by atoms with Gasteiger partial charge in [-0.15, -0.1) is 0 Å². The summed E-state index contributed by atoms with van der Waals surface area (Å²) < 4.78 is 5.20. The number of nitrogens with one attached hydrogen (secondary N) is 4. The third kappa shape index (κ3) is 5.16. The normalized spacial score (nSPS) is 10.4. The van der Waals surface area contributed by atoms with Crippen molar-refractivity contribution in [2.24, 2.45) is 0 Å². The molecule has 1 heterocycles. The van der Waals surface area contributed by atoms with Gasteiger partial charge >= 0.3 is 17.7 Å². The summed E-state index contributed by atoms with van der Waals surface area (Å²) in [5.41, 5.74) is 0.431. The van der Waals surface area contributed by atoms with Gasteiger partial charge in [-0.05, 0) is 36.4 Å². The van der Waals surface area contributed by atoms with Crippen molar-refractivity contribution >= 4 is 51.5 Å². The molecule has 4 rings (SSSR count). The number of para-hydroxylation sites is 3. The quantitative estimate of drug-likeness (QED) is 0.187. The number of anilines is 4. The zero-order valence-electron chi connectivity index (χ0n) is 17.4. The van der Waals surface area contributed by atoms with Crippen molar-refractivity contribution in [3.05, 3.63) is 99.4 Å². The highest BCUT2D eigenvalue weighted by Gasteiger charge is 2.13. The topological polar surface area (TPSA) is 156 Å². The van der Waals surface area contributed by atoms with Gasteiger partial charge in [0.1, 0.15) is 11.3 Å². The molecule has 4 aromatic rings. The van der Waals surface area contributed by atoms with Crippen LogP contribution in [-0.4, -0.2) is 17.0 Å². The van der Waals surface area contributed by atoms with Crippen molar-refractivity contribution in [1.29, 1.82) is 0 Å². The Bertz CT molecular complexity index is 1450. The maximum atomic E-state index is 12.5. The summed E-state index contributed by atoms with van der Waals surface area (Å²) >= 11 is 0. The molecule has 0 spiro atoms. The van der Waals surface area contributed by atoms with Crippen LogP contribution in [0.25, 0.3) is 11.0 Å². The Morgan fingerprint density at radius 3 is 1.94 bits per heavy atom. The number of fused-ring (bicyclic) bond motifs is 1. The van der Waals surface area contributed by atoms with E-state index in [1.165, 1.54) is 30.3 Å². The number of amides is 4. The second-order valence-electron chi connectivity index (χ2n) is 6.99. The van der Waals surface area contributed by atoms with Crippen LogP contribution in [0.4, 0.5) is 38.0 Å². The fraction of sp³-hybridized carbons (Fsp3) is 0. The maximum absolute atomic E-state index is 12.5. The summed E-state index contributed by atoms with van der Waals surface area (Å²) in [6.07, 6.45) is 0. The number of hydrogen-bond donors (Lipinski definition) is 4. The summed E-state index contributed by atoms with van der Waals surface area (Å²) in [4.78, 5) is 47.2. The van der Waals surface area contributed by atoms with Crippen molar-refractivity contribution in [3.63, 3.8) is 0 Å². The van der Waals surface area contributed by atoms with E-state index in [1.54, 1.807) is 48.5 Å². The highest BCUT2D eigenvalue weighted by Crippen LogP contribution is 2.22. The van der Waals surface area contributed by atoms with Crippen molar-refractivity contribution in [2.45, 2.75) is 0 Å². The van der Waals surface area contributed by atoms with Crippen LogP contribution in [0.3, 0.4) is 0 Å². The second-order valence-corrected chi connectivity index (χ2v) is 6.99. The number of benzene rings is 3. The Hall–Kier alpha value is -5.19. The third-order valence-electron chi connectivity index (χ3n) is 4.65. The first kappa shape index (κ1) is 22.0. The SMILES string of the molecule is O=C(Nc1ccc([N+](=O)[O-])cc1)Nc1ccccc1NC(=O)Nc1cc2ccccc2oc1=O. The lowest BCUT2D eigenvalue weighted by molar-refractivity contribution is -0.384. The summed E-state index contributed by atoms with van der Waals surface area (Å²) in [5.74, 6) is 0. The Balaban J connectivity index is 1.43. The molecule has 11 nitrogen and oxygen atoms in total. The average Bonchev–Trinajstić information content (AvgIpc) is 2.81. The Kier molecular flexibility index (Phi) is 6.17. The Morgan fingerprint density at radius 1 is 0.735 bits per heavy atom. The molecule has 0 radical (unpaired) electrons. The molecule has 0 bridgehead atoms. The van der Waals surface area contributed by atoms with E-state index in [-0.39, 0.29) is 22.7 Å². The van der Waals surface area contributed by atoms with Gasteiger partial charge in [-0.2, -0.15) is 0 Å². The van der Waals surface area contributed by atoms with E-state index in [2.05, 4.69) is 21.3 Å². The molecule has 0 aliphatic carbocycles. The standard InChI is InChI=1S/C23H17N5O6/c29-21-19(13-14-5-1-4-8-20(14)34-21)27-23(31)26-18-7-3-2-6-17(18)25-22(30)24-15-9-11-16(12-10-15)28(32)33/h1-13H,(H2,24,25,30)(H2,26,27,31). The minimum atomic E-state index is -0.715. The molecule has 0 saturated carbocycles. The Labute approximate surface area is 191 Å². The van der Waals surface area contributed by atoms with E-state index in [4.69, 9.17) is 4.42 Å². The van der Waals surface area contributed by atoms with E-state index in [1.807, 2.05) is 0 Å². The van der Waals surface area contributed by atoms with Gasteiger partial charge in [0.15, 0.2) is 0 Å². The lowest BCUT2D eigenvalue weighted by Gasteiger charge is -2.13. The van der Waals surface area contributed by atoms with Gasteiger partial charge in [-0.1, -0.05) is 30.3 Å². The number of hydrogen-bond acceptors (Lipinski definition) is 6. The van der Waals surface area contributed by atoms with Gasteiger partial charge in [0.05, 0.1) is 16.3 Å². The van der Waals surface area contributed by atoms with Gasteiger partial charge in [0.2, 0.25) is 0 Å². The Morgan fingerprint density at radius 2 is 1.29 bits per heavy atom. The zero-order chi connectivity index (χ0) is 24.1. The number of nitro benzene ring substituents is 1. The fourth-order valence-electron chi connectivity index (χ4n) is 3.08. The van der Waals surface area contributed by atoms with Crippen LogP contribution in [0.2, 0.25) is 0 Å². The first-order valence-electron chi connectivity index (χ1n) is 9.91. The van der Waals surface area contributed by atoms with Crippen molar-refractivity contribution in [2.75, 3.05) is 21.3 Å². The van der Waals surface area contributed by atoms with Crippen molar-refractivity contribution < 1.29 is 18.9 Å². The summed E-state index contributed by atoms with van der Waals surface area (Å²) in [6.45, 7) is 0. The van der Waals surface area contributed by atoms with E-state index < -0.39 is 22.6 Å². The third-order valence-corrected chi connectivity index (χ3v) is 4.65. The van der Waals surface area contributed by atoms with Crippen LogP contribution in [0, 0.1) is 10.1 Å². The molecule has 0 aliphatic rings. The molecule has 11 heteroatoms. The minimum Gasteiger partial charge on any atom is -0.421 e. The first-order valence-corrected chi connectivity index (χ1v) is 9.91. The molecule has 0 fully saturated rings. The van der Waals surface area contributed by atoms with E-state index >= 15 is 0 Å². The van der Waals surface area contributed by atoms with Crippen LogP contribution in [0.15, 0.2) is 88.1 Å². The molecule has 4 N–H and O–H groups in total. The van der Waals surface area contributed by atoms with Gasteiger partial charge in [0, 0.05) is 23.2 Å². The molecule has 1 aromatic heterocycles. The van der Waals surface area contributed by atoms with Crippen LogP contribution >= 0.6 is 0 Å². The number of carbonyl (C=O) groups excluding carboxylic acids is 2. The largest absolute Gasteiger partial charge is 0.421 e. The average molecular weight is 459 g/mol. The van der Waals surface area contributed by atoms with E-state index in [0.717, 1.165) is 0 Å².